The number of aromatic nitrogens is 2. The van der Waals surface area contributed by atoms with Gasteiger partial charge in [0.05, 0.1) is 5.39 Å². The Kier molecular flexibility index (Phi) is 5.62. The highest BCUT2D eigenvalue weighted by atomic mass is 35.5. The van der Waals surface area contributed by atoms with Crippen molar-refractivity contribution in [1.29, 1.82) is 0 Å². The van der Waals surface area contributed by atoms with E-state index in [0.717, 1.165) is 31.8 Å². The zero-order valence-corrected chi connectivity index (χ0v) is 19.0. The Hall–Kier alpha value is -3.07. The number of nitrogens with one attached hydrogen (secondary N) is 1. The number of hydrogen-bond acceptors (Lipinski definition) is 7. The summed E-state index contributed by atoms with van der Waals surface area (Å²) >= 11 is 3.18. The van der Waals surface area contributed by atoms with Gasteiger partial charge in [-0.15, -0.1) is 35.1 Å². The topological polar surface area (TPSA) is 75.2 Å². The van der Waals surface area contributed by atoms with Crippen molar-refractivity contribution >= 4 is 62.9 Å². The molecule has 156 valence electrons. The fraction of sp³-hybridized carbons (Fsp3) is 0.0909. The van der Waals surface area contributed by atoms with Crippen LogP contribution in [-0.2, 0) is 9.59 Å². The summed E-state index contributed by atoms with van der Waals surface area (Å²) in [5, 5.41) is 7.26. The number of amides is 2. The van der Waals surface area contributed by atoms with Gasteiger partial charge in [-0.2, -0.15) is 0 Å². The van der Waals surface area contributed by atoms with Gasteiger partial charge in [0.2, 0.25) is 0 Å². The van der Waals surface area contributed by atoms with Crippen LogP contribution in [0.2, 0.25) is 0 Å². The molecule has 2 amide bonds. The van der Waals surface area contributed by atoms with Crippen LogP contribution >= 0.6 is 35.1 Å². The van der Waals surface area contributed by atoms with E-state index in [1.54, 1.807) is 34.6 Å². The van der Waals surface area contributed by atoms with E-state index in [9.17, 15) is 9.59 Å². The molecule has 1 aliphatic heterocycles. The smallest absolute Gasteiger partial charge is 0.274 e. The largest absolute Gasteiger partial charge is 0.324 e. The van der Waals surface area contributed by atoms with Crippen LogP contribution in [0.3, 0.4) is 0 Å². The first kappa shape index (κ1) is 21.2. The molecule has 6 nitrogen and oxygen atoms in total. The van der Waals surface area contributed by atoms with Crippen molar-refractivity contribution in [2.75, 3.05) is 11.9 Å². The quantitative estimate of drug-likeness (QED) is 0.436. The summed E-state index contributed by atoms with van der Waals surface area (Å²) in [6.07, 6.45) is 1.30. The number of likely N-dealkylation sites (N-methyl/N-ethyl adjacent to an activating group) is 1. The normalized spacial score (nSPS) is 13.2. The standard InChI is InChI=1S/C22H16N4O2S2.ClH/c1-12-5-7-13(8-6-12)19-24-20(26(2)15-10-17(27)23-21(15)28)18-14(11-30-22(18)25-19)16-4-3-9-29-16;/h3-11H,1-2H3,(H,23,27,28);1H. The molecule has 0 saturated heterocycles. The number of rotatable bonds is 4. The van der Waals surface area contributed by atoms with Crippen LogP contribution in [0.15, 0.2) is 58.9 Å². The number of aryl methyl sites for hydroxylation is 1. The number of fused-ring (bicyclic) bond motifs is 1. The van der Waals surface area contributed by atoms with Gasteiger partial charge in [0.1, 0.15) is 16.3 Å². The maximum atomic E-state index is 12.3. The van der Waals surface area contributed by atoms with Crippen molar-refractivity contribution in [2.45, 2.75) is 6.92 Å². The third kappa shape index (κ3) is 3.74. The molecule has 0 spiro atoms. The van der Waals surface area contributed by atoms with Crippen LogP contribution in [0.5, 0.6) is 0 Å². The Morgan fingerprint density at radius 1 is 1.03 bits per heavy atom. The fourth-order valence-electron chi connectivity index (χ4n) is 3.38. The molecular formula is C22H17ClN4O2S2. The second-order valence-corrected chi connectivity index (χ2v) is 8.76. The molecule has 0 unspecified atom stereocenters. The molecule has 4 aromatic rings. The molecule has 9 heteroatoms. The summed E-state index contributed by atoms with van der Waals surface area (Å²) in [4.78, 5) is 37.3. The van der Waals surface area contributed by atoms with E-state index in [2.05, 4.69) is 16.8 Å². The molecule has 0 bridgehead atoms. The predicted molar refractivity (Wildman–Crippen MR) is 128 cm³/mol. The van der Waals surface area contributed by atoms with Gasteiger partial charge in [0, 0.05) is 34.5 Å². The lowest BCUT2D eigenvalue weighted by Crippen LogP contribution is -2.29. The molecule has 31 heavy (non-hydrogen) atoms. The lowest BCUT2D eigenvalue weighted by molar-refractivity contribution is -0.123. The minimum absolute atomic E-state index is 0. The van der Waals surface area contributed by atoms with Crippen molar-refractivity contribution in [3.8, 4) is 21.8 Å². The van der Waals surface area contributed by atoms with Gasteiger partial charge in [-0.25, -0.2) is 9.97 Å². The van der Waals surface area contributed by atoms with Crippen LogP contribution in [0, 0.1) is 6.92 Å². The molecule has 5 rings (SSSR count). The third-order valence-corrected chi connectivity index (χ3v) is 6.70. The summed E-state index contributed by atoms with van der Waals surface area (Å²) in [5.41, 5.74) is 3.33. The monoisotopic (exact) mass is 468 g/mol. The van der Waals surface area contributed by atoms with E-state index in [0.29, 0.717) is 11.6 Å². The van der Waals surface area contributed by atoms with Crippen LogP contribution < -0.4 is 10.2 Å². The molecular weight excluding hydrogens is 452 g/mol. The van der Waals surface area contributed by atoms with Crippen LogP contribution in [0.4, 0.5) is 5.82 Å². The van der Waals surface area contributed by atoms with E-state index >= 15 is 0 Å². The summed E-state index contributed by atoms with van der Waals surface area (Å²) in [6, 6.07) is 12.1. The molecule has 0 atom stereocenters. The van der Waals surface area contributed by atoms with E-state index in [1.807, 2.05) is 42.6 Å². The molecule has 0 fully saturated rings. The molecule has 0 aliphatic carbocycles. The van der Waals surface area contributed by atoms with Gasteiger partial charge in [-0.1, -0.05) is 35.9 Å². The average Bonchev–Trinajstić information content (AvgIpc) is 3.46. The van der Waals surface area contributed by atoms with Crippen molar-refractivity contribution in [3.63, 3.8) is 0 Å². The highest BCUT2D eigenvalue weighted by molar-refractivity contribution is 7.18. The van der Waals surface area contributed by atoms with Crippen molar-refractivity contribution in [1.82, 2.24) is 15.3 Å². The highest BCUT2D eigenvalue weighted by Crippen LogP contribution is 2.41. The molecule has 4 heterocycles. The maximum absolute atomic E-state index is 12.3. The van der Waals surface area contributed by atoms with Crippen molar-refractivity contribution in [2.24, 2.45) is 0 Å². The van der Waals surface area contributed by atoms with Gasteiger partial charge in [-0.05, 0) is 18.4 Å². The Labute approximate surface area is 192 Å². The second-order valence-electron chi connectivity index (χ2n) is 6.95. The van der Waals surface area contributed by atoms with Crippen molar-refractivity contribution < 1.29 is 9.59 Å². The number of imide groups is 1. The number of anilines is 1. The Balaban J connectivity index is 0.00000231. The minimum atomic E-state index is -0.431. The van der Waals surface area contributed by atoms with Gasteiger partial charge in [-0.3, -0.25) is 14.9 Å². The molecule has 0 radical (unpaired) electrons. The molecule has 1 aromatic carbocycles. The Morgan fingerprint density at radius 3 is 2.45 bits per heavy atom. The number of nitrogens with zero attached hydrogens (tertiary/aromatic N) is 3. The summed E-state index contributed by atoms with van der Waals surface area (Å²) in [7, 11) is 1.75. The second kappa shape index (κ2) is 8.22. The van der Waals surface area contributed by atoms with Gasteiger partial charge < -0.3 is 4.90 Å². The summed E-state index contributed by atoms with van der Waals surface area (Å²) < 4.78 is 0. The number of carbonyl (C=O) groups excluding carboxylic acids is 2. The highest BCUT2D eigenvalue weighted by Gasteiger charge is 2.28. The van der Waals surface area contributed by atoms with Crippen LogP contribution in [-0.4, -0.2) is 28.8 Å². The SMILES string of the molecule is Cc1ccc(-c2nc(N(C)C3=CC(=O)NC3=O)c3c(-c4cccs4)csc3n2)cc1.Cl. The zero-order valence-electron chi connectivity index (χ0n) is 16.6. The first-order chi connectivity index (χ1) is 14.5. The Morgan fingerprint density at radius 2 is 1.81 bits per heavy atom. The van der Waals surface area contributed by atoms with Crippen molar-refractivity contribution in [3.05, 3.63) is 64.5 Å². The average molecular weight is 469 g/mol. The van der Waals surface area contributed by atoms with E-state index in [1.165, 1.54) is 6.08 Å². The molecule has 1 N–H and O–H groups in total. The van der Waals surface area contributed by atoms with Crippen LogP contribution in [0.1, 0.15) is 5.56 Å². The summed E-state index contributed by atoms with van der Waals surface area (Å²) in [6.45, 7) is 2.03. The molecule has 3 aromatic heterocycles. The maximum Gasteiger partial charge on any atom is 0.274 e. The predicted octanol–water partition coefficient (Wildman–Crippen LogP) is 4.79. The van der Waals surface area contributed by atoms with E-state index < -0.39 is 11.8 Å². The lowest BCUT2D eigenvalue weighted by Gasteiger charge is -2.20. The number of halogens is 1. The Bertz CT molecular complexity index is 1330. The molecule has 0 saturated carbocycles. The number of carbonyl (C=O) groups is 2. The van der Waals surface area contributed by atoms with Gasteiger partial charge in [0.25, 0.3) is 11.8 Å². The first-order valence-corrected chi connectivity index (χ1v) is 11.0. The van der Waals surface area contributed by atoms with E-state index in [-0.39, 0.29) is 18.1 Å². The summed E-state index contributed by atoms with van der Waals surface area (Å²) in [5.74, 6) is 0.319. The number of thiophene rings is 2. The third-order valence-electron chi connectivity index (χ3n) is 4.93. The van der Waals surface area contributed by atoms with Gasteiger partial charge in [0.15, 0.2) is 5.82 Å². The lowest BCUT2D eigenvalue weighted by atomic mass is 10.1. The fourth-order valence-corrected chi connectivity index (χ4v) is 5.13. The first-order valence-electron chi connectivity index (χ1n) is 9.22. The number of benzene rings is 1. The zero-order chi connectivity index (χ0) is 20.8. The number of hydrogen-bond donors (Lipinski definition) is 1. The van der Waals surface area contributed by atoms with E-state index in [4.69, 9.17) is 9.97 Å². The van der Waals surface area contributed by atoms with Gasteiger partial charge >= 0.3 is 0 Å². The minimum Gasteiger partial charge on any atom is -0.324 e. The van der Waals surface area contributed by atoms with Crippen LogP contribution in [0.25, 0.3) is 32.0 Å². The molecule has 1 aliphatic rings.